The number of hydrogen-bond donors (Lipinski definition) is 8. The molecule has 0 bridgehead atoms. The lowest BCUT2D eigenvalue weighted by atomic mass is 9.94. The van der Waals surface area contributed by atoms with Gasteiger partial charge in [0.05, 0.1) is 18.6 Å². The van der Waals surface area contributed by atoms with Crippen molar-refractivity contribution in [3.05, 3.63) is 156 Å². The summed E-state index contributed by atoms with van der Waals surface area (Å²) >= 11 is 0. The molecule has 0 spiro atoms. The van der Waals surface area contributed by atoms with Gasteiger partial charge in [-0.05, 0) is 117 Å². The summed E-state index contributed by atoms with van der Waals surface area (Å²) in [6.07, 6.45) is 14.2. The van der Waals surface area contributed by atoms with Crippen LogP contribution in [0, 0.1) is 23.2 Å². The van der Waals surface area contributed by atoms with Gasteiger partial charge in [-0.25, -0.2) is 19.1 Å². The van der Waals surface area contributed by atoms with E-state index in [0.717, 1.165) is 51.2 Å². The van der Waals surface area contributed by atoms with E-state index in [1.165, 1.54) is 12.2 Å². The van der Waals surface area contributed by atoms with Gasteiger partial charge in [0.15, 0.2) is 18.9 Å². The molecule has 7 rings (SSSR count). The van der Waals surface area contributed by atoms with Crippen molar-refractivity contribution in [1.82, 2.24) is 35.6 Å². The monoisotopic (exact) mass is 1180 g/mol. The molecule has 0 unspecified atom stereocenters. The topological polar surface area (TPSA) is 280 Å². The van der Waals surface area contributed by atoms with Crippen LogP contribution in [0.3, 0.4) is 0 Å². The van der Waals surface area contributed by atoms with Crippen LogP contribution in [-0.2, 0) is 46.6 Å². The number of anilines is 3. The van der Waals surface area contributed by atoms with Crippen molar-refractivity contribution in [1.29, 1.82) is 0 Å². The van der Waals surface area contributed by atoms with Gasteiger partial charge in [0, 0.05) is 122 Å². The highest BCUT2D eigenvalue weighted by Gasteiger charge is 2.25. The van der Waals surface area contributed by atoms with Crippen LogP contribution in [0.25, 0.3) is 16.8 Å². The standard InChI is InChI=1S/C46H47N9O4.C9H12N2O3.C8H17NO2.C2H6/c1-4-20-48-45(58)52-39-11-6-33(7-12-39)5-10-37-28-40(53-46(59)50-29-35-17-24-55-25-21-47-42(55)27-35)15-16-41(37)36-18-22-54(23-19-36)31-34-8-13-38(14-9-34)51-44(57)30-49-43(56)26-32(2)3;1-2-10-7(12)5-6-11-8(13)3-4-9(11)14;1-4-5-11-6-8(2,3)7(9)10;1-2/h6-9,11-19,21-25,27-28,32H,4,20,26,29-31H2,1-3H3,(H5,48,49,50,51,52,53,56,57,58,59);3-4H,2,5-6H2,1H3,(H,10,12);4-6H2,1-3H3,(H2,9,10);1-2H3/p+1. The quantitative estimate of drug-likeness (QED) is 0.0132. The molecule has 21 nitrogen and oxygen atoms in total. The molecule has 0 aliphatic carbocycles. The maximum absolute atomic E-state index is 13.0. The summed E-state index contributed by atoms with van der Waals surface area (Å²) in [4.78, 5) is 98.5. The molecule has 0 fully saturated rings. The third kappa shape index (κ3) is 24.3. The number of primary amides is 1. The molecule has 21 heteroatoms. The first kappa shape index (κ1) is 68.8. The van der Waals surface area contributed by atoms with Crippen molar-refractivity contribution < 1.29 is 47.7 Å². The van der Waals surface area contributed by atoms with Gasteiger partial charge in [0.1, 0.15) is 5.65 Å². The summed E-state index contributed by atoms with van der Waals surface area (Å²) in [5.74, 6) is 5.18. The van der Waals surface area contributed by atoms with Crippen LogP contribution in [0.5, 0.6) is 0 Å². The number of carbonyl (C=O) groups excluding carboxylic acids is 8. The second kappa shape index (κ2) is 36.1. The van der Waals surface area contributed by atoms with Gasteiger partial charge < -0.3 is 52.1 Å². The van der Waals surface area contributed by atoms with Crippen molar-refractivity contribution in [2.24, 2.45) is 17.1 Å². The number of amides is 10. The summed E-state index contributed by atoms with van der Waals surface area (Å²) in [6, 6.07) is 27.8. The van der Waals surface area contributed by atoms with E-state index in [1.54, 1.807) is 32.2 Å². The summed E-state index contributed by atoms with van der Waals surface area (Å²) in [6.45, 7) is 20.6. The first-order valence-corrected chi connectivity index (χ1v) is 28.9. The first-order chi connectivity index (χ1) is 41.2. The van der Waals surface area contributed by atoms with Crippen molar-refractivity contribution in [3.63, 3.8) is 0 Å². The highest BCUT2D eigenvalue weighted by molar-refractivity contribution is 6.13. The number of ether oxygens (including phenoxy) is 1. The number of pyridine rings is 2. The summed E-state index contributed by atoms with van der Waals surface area (Å²) in [5.41, 5.74) is 12.5. The Kier molecular flexibility index (Phi) is 28.9. The Bertz CT molecular complexity index is 3290. The van der Waals surface area contributed by atoms with Crippen LogP contribution in [0.4, 0.5) is 26.7 Å². The molecule has 0 radical (unpaired) electrons. The molecule has 4 heterocycles. The second-order valence-corrected chi connectivity index (χ2v) is 20.5. The van der Waals surface area contributed by atoms with Crippen molar-refractivity contribution in [2.75, 3.05) is 55.3 Å². The van der Waals surface area contributed by atoms with Gasteiger partial charge in [0.25, 0.3) is 11.8 Å². The number of aromatic nitrogens is 3. The fraction of sp³-hybridized carbons (Fsp3) is 0.354. The van der Waals surface area contributed by atoms with E-state index in [0.29, 0.717) is 68.4 Å². The molecule has 6 aromatic rings. The largest absolute Gasteiger partial charge is 0.380 e. The molecular formula is C65H83N12O9+. The smallest absolute Gasteiger partial charge is 0.319 e. The Labute approximate surface area is 504 Å². The van der Waals surface area contributed by atoms with E-state index < -0.39 is 5.41 Å². The van der Waals surface area contributed by atoms with Gasteiger partial charge >= 0.3 is 12.1 Å². The Hall–Kier alpha value is -9.68. The minimum Gasteiger partial charge on any atom is -0.380 e. The molecule has 86 heavy (non-hydrogen) atoms. The molecule has 0 saturated carbocycles. The summed E-state index contributed by atoms with van der Waals surface area (Å²) < 4.78 is 9.16. The van der Waals surface area contributed by atoms with Gasteiger partial charge in [-0.15, -0.1) is 0 Å². The number of fused-ring (bicyclic) bond motifs is 1. The fourth-order valence-electron chi connectivity index (χ4n) is 7.75. The molecule has 3 aromatic heterocycles. The molecule has 10 amide bonds. The zero-order chi connectivity index (χ0) is 63.0. The predicted octanol–water partition coefficient (Wildman–Crippen LogP) is 8.08. The molecular weight excluding hydrogens is 1090 g/mol. The number of carbonyl (C=O) groups is 8. The fourth-order valence-corrected chi connectivity index (χ4v) is 7.75. The van der Waals surface area contributed by atoms with E-state index in [9.17, 15) is 38.4 Å². The van der Waals surface area contributed by atoms with Crippen LogP contribution in [0.15, 0.2) is 134 Å². The minimum absolute atomic E-state index is 0.0755. The molecule has 3 aromatic carbocycles. The van der Waals surface area contributed by atoms with Crippen molar-refractivity contribution >= 4 is 70.2 Å². The van der Waals surface area contributed by atoms with Crippen LogP contribution >= 0.6 is 0 Å². The molecule has 0 atom stereocenters. The maximum Gasteiger partial charge on any atom is 0.319 e. The number of rotatable bonds is 23. The third-order valence-corrected chi connectivity index (χ3v) is 12.4. The molecule has 456 valence electrons. The summed E-state index contributed by atoms with van der Waals surface area (Å²) in [5, 5.41) is 19.5. The van der Waals surface area contributed by atoms with Crippen molar-refractivity contribution in [3.8, 4) is 23.0 Å². The second-order valence-electron chi connectivity index (χ2n) is 20.5. The molecule has 0 saturated heterocycles. The summed E-state index contributed by atoms with van der Waals surface area (Å²) in [7, 11) is 0. The number of imide groups is 1. The number of urea groups is 2. The molecule has 1 aliphatic rings. The minimum atomic E-state index is -0.533. The Morgan fingerprint density at radius 3 is 1.98 bits per heavy atom. The molecule has 1 aliphatic heterocycles. The lowest BCUT2D eigenvalue weighted by Crippen LogP contribution is -2.35. The van der Waals surface area contributed by atoms with Crippen LogP contribution < -0.4 is 47.5 Å². The SMILES string of the molecule is CC.CCCNC(=O)Nc1ccc(C#Cc2cc(NC(=O)NCc3ccn4ccnc4c3)ccc2-c2cc[n+](Cc3ccc(NC(=O)CNC(=O)CC(C)C)cc3)cc2)cc1.CCCOCC(C)(C)C(N)=O.CCNC(=O)CCN1C(=O)C=CC1=O. The van der Waals surface area contributed by atoms with Gasteiger partial charge in [0.2, 0.25) is 23.6 Å². The van der Waals surface area contributed by atoms with Gasteiger partial charge in [-0.2, -0.15) is 0 Å². The normalized spacial score (nSPS) is 11.3. The number of nitrogens with zero attached hydrogens (tertiary/aromatic N) is 4. The average Bonchev–Trinajstić information content (AvgIpc) is 2.64. The Morgan fingerprint density at radius 2 is 1.34 bits per heavy atom. The van der Waals surface area contributed by atoms with E-state index >= 15 is 0 Å². The number of hydrogen-bond acceptors (Lipinski definition) is 10. The zero-order valence-corrected chi connectivity index (χ0v) is 50.8. The number of imidazole rings is 1. The van der Waals surface area contributed by atoms with Crippen LogP contribution in [0.1, 0.15) is 110 Å². The lowest BCUT2D eigenvalue weighted by molar-refractivity contribution is -0.688. The van der Waals surface area contributed by atoms with Crippen molar-refractivity contribution in [2.45, 2.75) is 101 Å². The predicted molar refractivity (Wildman–Crippen MR) is 334 cm³/mol. The van der Waals surface area contributed by atoms with E-state index in [-0.39, 0.29) is 72.9 Å². The van der Waals surface area contributed by atoms with E-state index in [1.807, 2.05) is 157 Å². The maximum atomic E-state index is 13.0. The lowest BCUT2D eigenvalue weighted by Gasteiger charge is -2.19. The number of nitrogens with one attached hydrogen (secondary N) is 7. The van der Waals surface area contributed by atoms with E-state index in [2.05, 4.69) is 58.6 Å². The first-order valence-electron chi connectivity index (χ1n) is 28.9. The number of nitrogens with two attached hydrogens (primary N) is 1. The average molecular weight is 1180 g/mol. The number of benzene rings is 3. The highest BCUT2D eigenvalue weighted by atomic mass is 16.5. The van der Waals surface area contributed by atoms with Gasteiger partial charge in [-0.3, -0.25) is 33.7 Å². The van der Waals surface area contributed by atoms with E-state index in [4.69, 9.17) is 10.5 Å². The van der Waals surface area contributed by atoms with Crippen LogP contribution in [0.2, 0.25) is 0 Å². The van der Waals surface area contributed by atoms with Crippen LogP contribution in [-0.4, -0.2) is 101 Å². The Balaban J connectivity index is 0.000000482. The zero-order valence-electron chi connectivity index (χ0n) is 50.8. The highest BCUT2D eigenvalue weighted by Crippen LogP contribution is 2.26. The third-order valence-electron chi connectivity index (χ3n) is 12.4. The Morgan fingerprint density at radius 1 is 0.698 bits per heavy atom. The molecule has 9 N–H and O–H groups in total. The van der Waals surface area contributed by atoms with Gasteiger partial charge in [-0.1, -0.05) is 71.6 Å².